The van der Waals surface area contributed by atoms with Gasteiger partial charge in [-0.15, -0.1) is 0 Å². The molecular formula is C65H94O9P2. The maximum absolute atomic E-state index is 7.40. The molecule has 0 amide bonds. The highest BCUT2D eigenvalue weighted by atomic mass is 31.1. The van der Waals surface area contributed by atoms with Crippen LogP contribution in [0.1, 0.15) is 231 Å². The minimum atomic E-state index is -2.17. The van der Waals surface area contributed by atoms with E-state index < -0.39 is 53.0 Å². The largest absolute Gasteiger partial charge is 0.399 e. The molecule has 6 aromatic rings. The molecule has 9 nitrogen and oxygen atoms in total. The molecule has 0 bridgehead atoms. The van der Waals surface area contributed by atoms with E-state index in [1.165, 1.54) is 22.3 Å². The van der Waals surface area contributed by atoms with Crippen LogP contribution in [0.5, 0.6) is 0 Å². The molecular weight excluding hydrogens is 987 g/mol. The summed E-state index contributed by atoms with van der Waals surface area (Å²) in [6.07, 6.45) is -3.56. The van der Waals surface area contributed by atoms with E-state index in [0.717, 1.165) is 66.1 Å². The van der Waals surface area contributed by atoms with Crippen LogP contribution < -0.4 is 9.05 Å². The second-order valence-electron chi connectivity index (χ2n) is 30.9. The average Bonchev–Trinajstić information content (AvgIpc) is 3.57. The monoisotopic (exact) mass is 1080 g/mol. The molecule has 8 rings (SSSR count). The van der Waals surface area contributed by atoms with Gasteiger partial charge in [-0.3, -0.25) is 9.05 Å². The van der Waals surface area contributed by atoms with Crippen molar-refractivity contribution in [2.24, 2.45) is 0 Å². The number of rotatable bonds is 5. The lowest BCUT2D eigenvalue weighted by Crippen LogP contribution is -2.44. The number of ether oxygens (including phenoxy) is 3. The number of hydrogen-bond acceptors (Lipinski definition) is 9. The van der Waals surface area contributed by atoms with Crippen molar-refractivity contribution in [3.05, 3.63) is 93.0 Å². The van der Waals surface area contributed by atoms with Crippen molar-refractivity contribution >= 4 is 60.4 Å². The molecule has 0 radical (unpaired) electrons. The molecule has 4 heterocycles. The number of hydrogen-bond donors (Lipinski definition) is 0. The van der Waals surface area contributed by atoms with Crippen molar-refractivity contribution in [3.8, 4) is 0 Å². The lowest BCUT2D eigenvalue weighted by atomic mass is 9.77. The average molecular weight is 1080 g/mol. The zero-order chi connectivity index (χ0) is 56.8. The van der Waals surface area contributed by atoms with E-state index in [2.05, 4.69) is 215 Å². The highest BCUT2D eigenvalue weighted by molar-refractivity contribution is 7.32. The molecule has 0 aliphatic carbocycles. The summed E-state index contributed by atoms with van der Waals surface area (Å²) in [5, 5.41) is 3.99. The first-order valence-electron chi connectivity index (χ1n) is 27.8. The maximum atomic E-state index is 7.40. The molecule has 11 heteroatoms. The molecule has 4 aromatic carbocycles. The van der Waals surface area contributed by atoms with Gasteiger partial charge in [-0.2, -0.15) is 0 Å². The van der Waals surface area contributed by atoms with E-state index >= 15 is 0 Å². The lowest BCUT2D eigenvalue weighted by molar-refractivity contribution is -0.218. The third kappa shape index (κ3) is 11.7. The van der Waals surface area contributed by atoms with Gasteiger partial charge in [0.1, 0.15) is 40.6 Å². The summed E-state index contributed by atoms with van der Waals surface area (Å²) in [6, 6.07) is 18.5. The normalized spacial score (nSPS) is 20.6. The Balaban J connectivity index is 1.38. The Hall–Kier alpha value is -3.52. The van der Waals surface area contributed by atoms with E-state index in [1.807, 2.05) is 20.8 Å². The summed E-state index contributed by atoms with van der Waals surface area (Å²) in [5.41, 5.74) is 10.5. The van der Waals surface area contributed by atoms with Gasteiger partial charge in [0.2, 0.25) is 0 Å². The first-order chi connectivity index (χ1) is 34.3. The van der Waals surface area contributed by atoms with Crippen LogP contribution in [-0.4, -0.2) is 36.5 Å². The van der Waals surface area contributed by atoms with Crippen LogP contribution in [-0.2, 0) is 57.5 Å². The second-order valence-corrected chi connectivity index (χ2v) is 32.9. The van der Waals surface area contributed by atoms with Crippen molar-refractivity contribution in [2.75, 3.05) is 0 Å². The minimum Gasteiger partial charge on any atom is -0.399 e. The van der Waals surface area contributed by atoms with Gasteiger partial charge in [-0.1, -0.05) is 190 Å². The zero-order valence-corrected chi connectivity index (χ0v) is 53.4. The second kappa shape index (κ2) is 19.1. The first kappa shape index (κ1) is 58.6. The molecule has 2 aromatic heterocycles. The number of benzene rings is 4. The molecule has 5 atom stereocenters. The fourth-order valence-electron chi connectivity index (χ4n) is 10.4. The molecule has 2 fully saturated rings. The van der Waals surface area contributed by atoms with Gasteiger partial charge in [-0.25, -0.2) is 0 Å². The minimum absolute atomic E-state index is 0.137. The predicted molar refractivity (Wildman–Crippen MR) is 317 cm³/mol. The third-order valence-corrected chi connectivity index (χ3v) is 17.5. The molecule has 2 aliphatic rings. The van der Waals surface area contributed by atoms with Gasteiger partial charge in [0, 0.05) is 43.8 Å². The summed E-state index contributed by atoms with van der Waals surface area (Å²) in [4.78, 5) is 0. The van der Waals surface area contributed by atoms with Crippen LogP contribution in [0, 0.1) is 0 Å². The summed E-state index contributed by atoms with van der Waals surface area (Å²) in [5.74, 6) is -0.940. The Kier molecular flexibility index (Phi) is 14.7. The van der Waals surface area contributed by atoms with Crippen LogP contribution in [0.25, 0.3) is 43.9 Å². The molecule has 76 heavy (non-hydrogen) atoms. The van der Waals surface area contributed by atoms with Crippen molar-refractivity contribution in [1.82, 2.24) is 0 Å². The summed E-state index contributed by atoms with van der Waals surface area (Å²) in [6.45, 7) is 60.0. The topological polar surface area (TPSA) is 98.7 Å². The Morgan fingerprint density at radius 2 is 0.697 bits per heavy atom. The Morgan fingerprint density at radius 1 is 0.408 bits per heavy atom. The van der Waals surface area contributed by atoms with Crippen molar-refractivity contribution < 1.29 is 40.0 Å². The molecule has 418 valence electrons. The van der Waals surface area contributed by atoms with E-state index in [0.29, 0.717) is 0 Å². The van der Waals surface area contributed by atoms with E-state index in [1.54, 1.807) is 0 Å². The molecule has 0 spiro atoms. The first-order valence-corrected chi connectivity index (χ1v) is 30.0. The summed E-state index contributed by atoms with van der Waals surface area (Å²) >= 11 is 0. The molecule has 0 saturated carbocycles. The van der Waals surface area contributed by atoms with E-state index in [9.17, 15) is 0 Å². The van der Waals surface area contributed by atoms with Crippen molar-refractivity contribution in [1.29, 1.82) is 0 Å². The third-order valence-electron chi connectivity index (χ3n) is 15.2. The standard InChI is InChI=1S/C65H94O9P2/c1-36(69-75-70-50-41(28-37(57(2,3)4)32-45(50)61(14,15)16)42-29-38(58(5,6)7)33-46(51(42)71-75)62(17,18)19)49-54(55-56(66-49)68-65(26,27)67-55)74-76-72-52-43(30-39(59(8,9)10)34-47(52)63(20,21)22)44-31-40(60(11,12)13)35-48(53(44)73-76)64(23,24)25/h28-36,49,54-56H,1-27H3/t36-,49+,54+,55+,56+/m0/s1. The number of fused-ring (bicyclic) bond motifs is 7. The molecule has 2 aliphatic heterocycles. The smallest absolute Gasteiger partial charge is 0.387 e. The Morgan fingerprint density at radius 3 is 0.974 bits per heavy atom. The van der Waals surface area contributed by atoms with Crippen LogP contribution in [0.15, 0.2) is 65.3 Å². The lowest BCUT2D eigenvalue weighted by Gasteiger charge is -2.28. The van der Waals surface area contributed by atoms with Crippen LogP contribution in [0.2, 0.25) is 0 Å². The van der Waals surface area contributed by atoms with Crippen LogP contribution >= 0.6 is 16.5 Å². The highest BCUT2D eigenvalue weighted by Gasteiger charge is 2.58. The molecule has 0 N–H and O–H groups in total. The van der Waals surface area contributed by atoms with Crippen molar-refractivity contribution in [2.45, 2.75) is 267 Å². The zero-order valence-electron chi connectivity index (χ0n) is 51.6. The fourth-order valence-corrected chi connectivity index (χ4v) is 12.8. The Labute approximate surface area is 458 Å². The van der Waals surface area contributed by atoms with Crippen molar-refractivity contribution in [3.63, 3.8) is 0 Å². The summed E-state index contributed by atoms with van der Waals surface area (Å²) in [7, 11) is -4.28. The Bertz CT molecular complexity index is 3090. The molecule has 2 saturated heterocycles. The van der Waals surface area contributed by atoms with Gasteiger partial charge in [0.25, 0.3) is 0 Å². The van der Waals surface area contributed by atoms with Crippen LogP contribution in [0.4, 0.5) is 0 Å². The highest BCUT2D eigenvalue weighted by Crippen LogP contribution is 2.50. The van der Waals surface area contributed by atoms with E-state index in [4.69, 9.17) is 40.0 Å². The van der Waals surface area contributed by atoms with Crippen LogP contribution in [0.3, 0.4) is 0 Å². The predicted octanol–water partition coefficient (Wildman–Crippen LogP) is 19.5. The summed E-state index contributed by atoms with van der Waals surface area (Å²) < 4.78 is 64.0. The van der Waals surface area contributed by atoms with Gasteiger partial charge < -0.3 is 31.0 Å². The maximum Gasteiger partial charge on any atom is 0.387 e. The van der Waals surface area contributed by atoms with Gasteiger partial charge >= 0.3 is 16.5 Å². The fraction of sp³-hybridized carbons (Fsp3) is 0.631. The quantitative estimate of drug-likeness (QED) is 0.167. The van der Waals surface area contributed by atoms with E-state index in [-0.39, 0.29) is 43.3 Å². The SMILES string of the molecule is C[C@H](Op1oc2c(C(C)(C)C)cc(C(C)(C)C)cc2c2cc(C(C)(C)C)cc(C(C)(C)C)c2o1)[C@H]1O[C@@H]2OC(C)(C)O[C@@H]2[C@@H]1Op1oc2c(C(C)(C)C)cc(C(C)(C)C)cc2c2cc(C(C)(C)C)cc(C(C)(C)C)c2o1. The van der Waals surface area contributed by atoms with Gasteiger partial charge in [0.05, 0.1) is 6.10 Å². The van der Waals surface area contributed by atoms with Gasteiger partial charge in [-0.05, 0) is 111 Å². The molecule has 0 unspecified atom stereocenters. The van der Waals surface area contributed by atoms with Gasteiger partial charge in [0.15, 0.2) is 12.1 Å².